The fraction of sp³-hybridized carbons (Fsp3) is 0.455. The molecule has 1 N–H and O–H groups in total. The molecule has 174 valence electrons. The first-order chi connectivity index (χ1) is 15.9. The molecule has 4 amide bonds. The van der Waals surface area contributed by atoms with Gasteiger partial charge in [0.25, 0.3) is 5.91 Å². The number of urea groups is 1. The predicted molar refractivity (Wildman–Crippen MR) is 125 cm³/mol. The third-order valence-electron chi connectivity index (χ3n) is 6.64. The topological polar surface area (TPSA) is 95.1 Å². The van der Waals surface area contributed by atoms with Crippen LogP contribution in [0.4, 0.5) is 20.4 Å². The molecule has 33 heavy (non-hydrogen) atoms. The lowest BCUT2D eigenvalue weighted by Crippen LogP contribution is -2.41. The van der Waals surface area contributed by atoms with Gasteiger partial charge in [-0.3, -0.25) is 15.0 Å². The van der Waals surface area contributed by atoms with E-state index in [0.717, 1.165) is 37.2 Å². The van der Waals surface area contributed by atoms with Gasteiger partial charge in [0.05, 0.1) is 13.3 Å². The van der Waals surface area contributed by atoms with Crippen molar-refractivity contribution in [2.24, 2.45) is 0 Å². The summed E-state index contributed by atoms with van der Waals surface area (Å²) in [6.45, 7) is 2.92. The lowest BCUT2D eigenvalue weighted by Gasteiger charge is -2.25. The number of nitrogens with zero attached hydrogens (tertiary/aromatic N) is 4. The van der Waals surface area contributed by atoms with Gasteiger partial charge in [-0.2, -0.15) is 0 Å². The predicted octanol–water partition coefficient (Wildman–Crippen LogP) is 3.79. The summed E-state index contributed by atoms with van der Waals surface area (Å²) in [5.41, 5.74) is 1.29. The van der Waals surface area contributed by atoms with Crippen molar-refractivity contribution in [2.75, 3.05) is 50.1 Å². The van der Waals surface area contributed by atoms with Gasteiger partial charge in [-0.05, 0) is 43.0 Å². The second-order valence-corrected chi connectivity index (χ2v) is 10.1. The van der Waals surface area contributed by atoms with Crippen molar-refractivity contribution >= 4 is 51.8 Å². The van der Waals surface area contributed by atoms with Crippen molar-refractivity contribution < 1.29 is 19.1 Å². The van der Waals surface area contributed by atoms with Gasteiger partial charge in [0, 0.05) is 48.8 Å². The van der Waals surface area contributed by atoms with E-state index >= 15 is 0 Å². The fourth-order valence-electron chi connectivity index (χ4n) is 4.99. The first kappa shape index (κ1) is 22.0. The van der Waals surface area contributed by atoms with Gasteiger partial charge in [0.2, 0.25) is 0 Å². The largest absolute Gasteiger partial charge is 0.453 e. The Bertz CT molecular complexity index is 1120. The number of nitrogens with one attached hydrogen (secondary N) is 1. The van der Waals surface area contributed by atoms with E-state index in [1.807, 2.05) is 17.0 Å². The van der Waals surface area contributed by atoms with E-state index in [1.165, 1.54) is 24.6 Å². The monoisotopic (exact) mass is 489 g/mol. The number of hydrogen-bond acceptors (Lipinski definition) is 6. The van der Waals surface area contributed by atoms with Gasteiger partial charge in [0.1, 0.15) is 4.88 Å². The molecular formula is C22H24ClN5O4S. The fourth-order valence-corrected chi connectivity index (χ4v) is 5.94. The van der Waals surface area contributed by atoms with Crippen molar-refractivity contribution in [3.8, 4) is 0 Å². The minimum atomic E-state index is -0.411. The molecule has 1 aromatic heterocycles. The maximum atomic E-state index is 13.3. The molecule has 11 heteroatoms. The quantitative estimate of drug-likeness (QED) is 0.692. The maximum Gasteiger partial charge on any atom is 0.409 e. The second-order valence-electron chi connectivity index (χ2n) is 8.63. The molecular weight excluding hydrogens is 466 g/mol. The third-order valence-corrected chi connectivity index (χ3v) is 7.77. The minimum Gasteiger partial charge on any atom is -0.453 e. The Kier molecular flexibility index (Phi) is 5.65. The Morgan fingerprint density at radius 2 is 1.94 bits per heavy atom. The lowest BCUT2D eigenvalue weighted by molar-refractivity contribution is 0.0797. The molecule has 1 aromatic carbocycles. The smallest absolute Gasteiger partial charge is 0.409 e. The van der Waals surface area contributed by atoms with Crippen LogP contribution in [-0.2, 0) is 10.2 Å². The number of hydrogen-bond donors (Lipinski definition) is 1. The molecule has 4 heterocycles. The van der Waals surface area contributed by atoms with E-state index < -0.39 is 5.41 Å². The van der Waals surface area contributed by atoms with E-state index in [-0.39, 0.29) is 18.0 Å². The average molecular weight is 490 g/mol. The van der Waals surface area contributed by atoms with Gasteiger partial charge in [-0.15, -0.1) is 0 Å². The van der Waals surface area contributed by atoms with Gasteiger partial charge in [0.15, 0.2) is 5.13 Å². The number of thiazole rings is 1. The van der Waals surface area contributed by atoms with Crippen LogP contribution in [-0.4, -0.2) is 72.6 Å². The lowest BCUT2D eigenvalue weighted by atomic mass is 9.81. The summed E-state index contributed by atoms with van der Waals surface area (Å²) < 4.78 is 4.89. The van der Waals surface area contributed by atoms with Crippen LogP contribution >= 0.6 is 22.9 Å². The van der Waals surface area contributed by atoms with Crippen LogP contribution < -0.4 is 10.2 Å². The number of amides is 4. The standard InChI is InChI=1S/C22H24ClN5O4S/c1-32-21(31)27-9-6-22(12-27)13-28(16-5-4-14(23)10-15(16)22)20(30)25-19-24-11-17(33-19)18(29)26-7-2-3-8-26/h4-5,10-11H,2-3,6-9,12-13H2,1H3,(H,24,25,30). The number of anilines is 2. The second kappa shape index (κ2) is 8.49. The van der Waals surface area contributed by atoms with Crippen LogP contribution in [0.3, 0.4) is 0 Å². The zero-order valence-electron chi connectivity index (χ0n) is 18.2. The number of rotatable bonds is 2. The van der Waals surface area contributed by atoms with E-state index in [0.29, 0.717) is 41.1 Å². The van der Waals surface area contributed by atoms with E-state index in [2.05, 4.69) is 10.3 Å². The number of benzene rings is 1. The summed E-state index contributed by atoms with van der Waals surface area (Å²) in [6, 6.07) is 5.13. The number of likely N-dealkylation sites (tertiary alicyclic amines) is 2. The molecule has 3 aliphatic rings. The number of aromatic nitrogens is 1. The Morgan fingerprint density at radius 1 is 1.15 bits per heavy atom. The first-order valence-electron chi connectivity index (χ1n) is 10.9. The summed E-state index contributed by atoms with van der Waals surface area (Å²) in [7, 11) is 1.36. The van der Waals surface area contributed by atoms with Gasteiger partial charge in [-0.25, -0.2) is 14.6 Å². The molecule has 5 rings (SSSR count). The molecule has 1 spiro atoms. The third kappa shape index (κ3) is 3.91. The summed E-state index contributed by atoms with van der Waals surface area (Å²) >= 11 is 7.46. The summed E-state index contributed by atoms with van der Waals surface area (Å²) in [5, 5.41) is 3.80. The van der Waals surface area contributed by atoms with Crippen molar-refractivity contribution in [1.29, 1.82) is 0 Å². The van der Waals surface area contributed by atoms with Crippen molar-refractivity contribution in [3.63, 3.8) is 0 Å². The molecule has 0 saturated carbocycles. The molecule has 9 nitrogen and oxygen atoms in total. The highest BCUT2D eigenvalue weighted by Crippen LogP contribution is 2.47. The van der Waals surface area contributed by atoms with Gasteiger partial charge >= 0.3 is 12.1 Å². The molecule has 1 atom stereocenters. The summed E-state index contributed by atoms with van der Waals surface area (Å²) in [4.78, 5) is 47.8. The Morgan fingerprint density at radius 3 is 2.70 bits per heavy atom. The molecule has 2 saturated heterocycles. The Hall–Kier alpha value is -2.85. The number of carbonyl (C=O) groups excluding carboxylic acids is 3. The van der Waals surface area contributed by atoms with Crippen molar-refractivity contribution in [2.45, 2.75) is 24.7 Å². The highest BCUT2D eigenvalue weighted by Gasteiger charge is 2.50. The SMILES string of the molecule is COC(=O)N1CCC2(C1)CN(C(=O)Nc1ncc(C(=O)N3CCCC3)s1)c1ccc(Cl)cc12. The molecule has 0 bridgehead atoms. The Balaban J connectivity index is 1.35. The highest BCUT2D eigenvalue weighted by atomic mass is 35.5. The van der Waals surface area contributed by atoms with Crippen LogP contribution in [0.1, 0.15) is 34.5 Å². The summed E-state index contributed by atoms with van der Waals surface area (Å²) in [6.07, 6.45) is 3.87. The van der Waals surface area contributed by atoms with Crippen molar-refractivity contribution in [1.82, 2.24) is 14.8 Å². The molecule has 1 unspecified atom stereocenters. The first-order valence-corrected chi connectivity index (χ1v) is 12.1. The van der Waals surface area contributed by atoms with E-state index in [1.54, 1.807) is 15.9 Å². The van der Waals surface area contributed by atoms with Crippen LogP contribution in [0.2, 0.25) is 5.02 Å². The molecule has 0 aliphatic carbocycles. The normalized spacial score (nSPS) is 21.6. The van der Waals surface area contributed by atoms with Crippen LogP contribution in [0, 0.1) is 0 Å². The highest BCUT2D eigenvalue weighted by molar-refractivity contribution is 7.17. The van der Waals surface area contributed by atoms with E-state index in [9.17, 15) is 14.4 Å². The number of methoxy groups -OCH3 is 1. The van der Waals surface area contributed by atoms with Crippen LogP contribution in [0.15, 0.2) is 24.4 Å². The zero-order valence-corrected chi connectivity index (χ0v) is 19.7. The molecule has 2 aromatic rings. The minimum absolute atomic E-state index is 0.0422. The van der Waals surface area contributed by atoms with Crippen LogP contribution in [0.25, 0.3) is 0 Å². The molecule has 2 fully saturated rings. The number of carbonyl (C=O) groups is 3. The molecule has 3 aliphatic heterocycles. The zero-order chi connectivity index (χ0) is 23.2. The van der Waals surface area contributed by atoms with Gasteiger partial charge < -0.3 is 14.5 Å². The number of ether oxygens (including phenoxy) is 1. The van der Waals surface area contributed by atoms with Crippen LogP contribution in [0.5, 0.6) is 0 Å². The average Bonchev–Trinajstić information content (AvgIpc) is 3.61. The Labute approximate surface area is 200 Å². The maximum absolute atomic E-state index is 13.3. The summed E-state index contributed by atoms with van der Waals surface area (Å²) in [5.74, 6) is -0.0422. The number of halogens is 1. The van der Waals surface area contributed by atoms with Crippen molar-refractivity contribution in [3.05, 3.63) is 39.9 Å². The molecule has 0 radical (unpaired) electrons. The van der Waals surface area contributed by atoms with Gasteiger partial charge in [-0.1, -0.05) is 22.9 Å². The van der Waals surface area contributed by atoms with E-state index in [4.69, 9.17) is 16.3 Å². The number of fused-ring (bicyclic) bond motifs is 2.